The van der Waals surface area contributed by atoms with E-state index < -0.39 is 40.9 Å². The molecule has 35 heavy (non-hydrogen) atoms. The largest absolute Gasteiger partial charge is 0.444 e. The third-order valence-corrected chi connectivity index (χ3v) is 6.23. The highest BCUT2D eigenvalue weighted by atomic mass is 19.1. The molecule has 0 aromatic heterocycles. The Morgan fingerprint density at radius 3 is 2.71 bits per heavy atom. The summed E-state index contributed by atoms with van der Waals surface area (Å²) in [7, 11) is 0. The van der Waals surface area contributed by atoms with Crippen molar-refractivity contribution < 1.29 is 23.5 Å². The van der Waals surface area contributed by atoms with Crippen molar-refractivity contribution in [2.45, 2.75) is 56.7 Å². The Morgan fingerprint density at radius 2 is 2.03 bits per heavy atom. The molecular weight excluding hydrogens is 451 g/mol. The summed E-state index contributed by atoms with van der Waals surface area (Å²) in [5, 5.41) is 15.3. The molecule has 3 amide bonds. The van der Waals surface area contributed by atoms with Crippen LogP contribution in [-0.4, -0.2) is 47.0 Å². The van der Waals surface area contributed by atoms with Gasteiger partial charge in [-0.2, -0.15) is 5.26 Å². The molecule has 2 aromatic carbocycles. The predicted molar refractivity (Wildman–Crippen MR) is 126 cm³/mol. The van der Waals surface area contributed by atoms with E-state index >= 15 is 0 Å². The smallest absolute Gasteiger partial charge is 0.408 e. The molecule has 2 aliphatic rings. The summed E-state index contributed by atoms with van der Waals surface area (Å²) >= 11 is 0. The number of halogens is 1. The maximum absolute atomic E-state index is 13.8. The van der Waals surface area contributed by atoms with Gasteiger partial charge in [-0.25, -0.2) is 9.18 Å². The van der Waals surface area contributed by atoms with E-state index in [1.807, 2.05) is 12.1 Å². The quantitative estimate of drug-likeness (QED) is 0.701. The fraction of sp³-hybridized carbons (Fsp3) is 0.385. The zero-order valence-corrected chi connectivity index (χ0v) is 19.8. The average molecular weight is 479 g/mol. The van der Waals surface area contributed by atoms with Crippen molar-refractivity contribution >= 4 is 23.6 Å². The molecule has 1 fully saturated rings. The van der Waals surface area contributed by atoms with Gasteiger partial charge in [0.15, 0.2) is 0 Å². The van der Waals surface area contributed by atoms with Crippen LogP contribution in [0.2, 0.25) is 0 Å². The highest BCUT2D eigenvalue weighted by Gasteiger charge is 2.56. The van der Waals surface area contributed by atoms with Crippen molar-refractivity contribution in [2.75, 3.05) is 11.9 Å². The Kier molecular flexibility index (Phi) is 6.24. The molecule has 1 saturated heterocycles. The number of fused-ring (bicyclic) bond motifs is 2. The molecule has 0 radical (unpaired) electrons. The number of alkyl carbamates (subject to hydrolysis) is 1. The van der Waals surface area contributed by atoms with Crippen LogP contribution in [0.15, 0.2) is 48.5 Å². The van der Waals surface area contributed by atoms with Gasteiger partial charge in [-0.05, 0) is 50.1 Å². The van der Waals surface area contributed by atoms with Gasteiger partial charge in [-0.1, -0.05) is 30.3 Å². The van der Waals surface area contributed by atoms with Crippen molar-refractivity contribution in [1.29, 1.82) is 5.26 Å². The van der Waals surface area contributed by atoms with Gasteiger partial charge in [0.05, 0.1) is 11.5 Å². The predicted octanol–water partition coefficient (Wildman–Crippen LogP) is 3.28. The highest BCUT2D eigenvalue weighted by Crippen LogP contribution is 2.46. The van der Waals surface area contributed by atoms with Crippen LogP contribution in [0.5, 0.6) is 0 Å². The average Bonchev–Trinajstić information content (AvgIpc) is 3.30. The third-order valence-electron chi connectivity index (χ3n) is 6.23. The SMILES string of the molecule is CC(C)(C)OC(=O)N[C@@H](Cc1cccc(F)c1)C(=O)N1C[C@]2(C[C@H]1C#N)C(=O)Nc1ccccc12. The number of amides is 3. The van der Waals surface area contributed by atoms with E-state index in [0.717, 1.165) is 5.56 Å². The van der Waals surface area contributed by atoms with E-state index in [2.05, 4.69) is 16.7 Å². The first-order chi connectivity index (χ1) is 16.5. The molecule has 2 N–H and O–H groups in total. The highest BCUT2D eigenvalue weighted by molar-refractivity contribution is 6.07. The Morgan fingerprint density at radius 1 is 1.29 bits per heavy atom. The Balaban J connectivity index is 1.64. The van der Waals surface area contributed by atoms with E-state index in [1.54, 1.807) is 39.0 Å². The fourth-order valence-corrected chi connectivity index (χ4v) is 4.74. The Hall–Kier alpha value is -3.93. The zero-order chi connectivity index (χ0) is 25.4. The molecule has 4 rings (SSSR count). The minimum atomic E-state index is -1.13. The van der Waals surface area contributed by atoms with E-state index in [9.17, 15) is 24.0 Å². The molecule has 2 heterocycles. The normalized spacial score (nSPS) is 21.7. The molecule has 2 aromatic rings. The summed E-state index contributed by atoms with van der Waals surface area (Å²) in [5.41, 5.74) is 0.0385. The monoisotopic (exact) mass is 478 g/mol. The lowest BCUT2D eigenvalue weighted by atomic mass is 9.80. The second-order valence-corrected chi connectivity index (χ2v) is 9.93. The van der Waals surface area contributed by atoms with Crippen LogP contribution in [0.1, 0.15) is 38.3 Å². The maximum atomic E-state index is 13.8. The molecule has 0 unspecified atom stereocenters. The van der Waals surface area contributed by atoms with Crippen LogP contribution in [0.3, 0.4) is 0 Å². The second-order valence-electron chi connectivity index (χ2n) is 9.93. The van der Waals surface area contributed by atoms with Gasteiger partial charge >= 0.3 is 6.09 Å². The number of nitrogens with one attached hydrogen (secondary N) is 2. The number of nitriles is 1. The van der Waals surface area contributed by atoms with Crippen LogP contribution in [0, 0.1) is 17.1 Å². The van der Waals surface area contributed by atoms with Crippen molar-refractivity contribution in [3.8, 4) is 6.07 Å². The summed E-state index contributed by atoms with van der Waals surface area (Å²) in [6.45, 7) is 5.08. The number of hydrogen-bond donors (Lipinski definition) is 2. The van der Waals surface area contributed by atoms with Crippen LogP contribution in [-0.2, 0) is 26.2 Å². The number of hydrogen-bond acceptors (Lipinski definition) is 5. The molecule has 0 aliphatic carbocycles. The number of para-hydroxylation sites is 1. The first-order valence-corrected chi connectivity index (χ1v) is 11.4. The summed E-state index contributed by atoms with van der Waals surface area (Å²) < 4.78 is 19.1. The van der Waals surface area contributed by atoms with E-state index in [1.165, 1.54) is 23.1 Å². The van der Waals surface area contributed by atoms with Gasteiger partial charge < -0.3 is 20.3 Å². The molecule has 3 atom stereocenters. The zero-order valence-electron chi connectivity index (χ0n) is 19.8. The molecular formula is C26H27FN4O4. The van der Waals surface area contributed by atoms with Crippen LogP contribution < -0.4 is 10.6 Å². The van der Waals surface area contributed by atoms with E-state index in [0.29, 0.717) is 11.3 Å². The second kappa shape index (κ2) is 9.02. The number of anilines is 1. The molecule has 182 valence electrons. The lowest BCUT2D eigenvalue weighted by molar-refractivity contribution is -0.133. The number of nitrogens with zero attached hydrogens (tertiary/aromatic N) is 2. The van der Waals surface area contributed by atoms with Crippen LogP contribution >= 0.6 is 0 Å². The number of benzene rings is 2. The fourth-order valence-electron chi connectivity index (χ4n) is 4.74. The first-order valence-electron chi connectivity index (χ1n) is 11.4. The van der Waals surface area contributed by atoms with Crippen LogP contribution in [0.4, 0.5) is 14.9 Å². The molecule has 0 saturated carbocycles. The summed E-state index contributed by atoms with van der Waals surface area (Å²) in [6.07, 6.45) is -0.684. The molecule has 8 nitrogen and oxygen atoms in total. The van der Waals surface area contributed by atoms with Crippen molar-refractivity contribution in [1.82, 2.24) is 10.2 Å². The van der Waals surface area contributed by atoms with Crippen molar-refractivity contribution in [3.05, 3.63) is 65.5 Å². The topological polar surface area (TPSA) is 112 Å². The number of rotatable bonds is 4. The summed E-state index contributed by atoms with van der Waals surface area (Å²) in [5.74, 6) is -1.28. The summed E-state index contributed by atoms with van der Waals surface area (Å²) in [4.78, 5) is 40.7. The molecule has 0 bridgehead atoms. The number of ether oxygens (including phenoxy) is 1. The van der Waals surface area contributed by atoms with Gasteiger partial charge in [0.2, 0.25) is 11.8 Å². The summed E-state index contributed by atoms with van der Waals surface area (Å²) in [6, 6.07) is 13.1. The van der Waals surface area contributed by atoms with Gasteiger partial charge in [-0.3, -0.25) is 9.59 Å². The van der Waals surface area contributed by atoms with Crippen LogP contribution in [0.25, 0.3) is 0 Å². The van der Waals surface area contributed by atoms with Crippen molar-refractivity contribution in [2.24, 2.45) is 0 Å². The molecule has 1 spiro atoms. The lowest BCUT2D eigenvalue weighted by Crippen LogP contribution is -2.52. The van der Waals surface area contributed by atoms with Gasteiger partial charge in [0.1, 0.15) is 23.5 Å². The maximum Gasteiger partial charge on any atom is 0.408 e. The lowest BCUT2D eigenvalue weighted by Gasteiger charge is -2.28. The van der Waals surface area contributed by atoms with Gasteiger partial charge in [0.25, 0.3) is 0 Å². The number of carbonyl (C=O) groups is 3. The molecule has 2 aliphatic heterocycles. The van der Waals surface area contributed by atoms with Crippen molar-refractivity contribution in [3.63, 3.8) is 0 Å². The van der Waals surface area contributed by atoms with Gasteiger partial charge in [-0.15, -0.1) is 0 Å². The molecule has 9 heteroatoms. The Labute approximate surface area is 203 Å². The van der Waals surface area contributed by atoms with E-state index in [4.69, 9.17) is 4.74 Å². The third kappa shape index (κ3) is 4.83. The minimum Gasteiger partial charge on any atom is -0.444 e. The van der Waals surface area contributed by atoms with Gasteiger partial charge in [0, 0.05) is 25.1 Å². The standard InChI is InChI=1S/C26H27FN4O4/c1-25(2,3)35-24(34)30-21(12-16-7-6-8-17(27)11-16)22(32)31-15-26(13-18(31)14-28)19-9-4-5-10-20(19)29-23(26)33/h4-11,18,21H,12-13,15H2,1-3H3,(H,29,33)(H,30,34)/t18-,21-,26-/m0/s1. The minimum absolute atomic E-state index is 0.0114. The Bertz CT molecular complexity index is 1220. The number of likely N-dealkylation sites (tertiary alicyclic amines) is 1. The number of carbonyl (C=O) groups excluding carboxylic acids is 3. The first kappa shape index (κ1) is 24.2. The van der Waals surface area contributed by atoms with E-state index in [-0.39, 0.29) is 25.3 Å².